The second-order valence-corrected chi connectivity index (χ2v) is 2.85. The molecule has 3 aromatic rings. The largest absolute Gasteiger partial charge is 0.275 e. The first kappa shape index (κ1) is 7.85. The molecule has 0 aliphatic heterocycles. The Labute approximate surface area is 83.1 Å². The lowest BCUT2D eigenvalue weighted by Gasteiger charge is -1.93. The monoisotopic (exact) mass is 202 g/mol. The summed E-state index contributed by atoms with van der Waals surface area (Å²) in [7, 11) is 0. The molecule has 0 saturated heterocycles. The van der Waals surface area contributed by atoms with Gasteiger partial charge in [-0.3, -0.25) is 10.2 Å². The molecule has 0 aliphatic carbocycles. The van der Waals surface area contributed by atoms with Gasteiger partial charge in [-0.2, -0.15) is 25.6 Å². The predicted octanol–water partition coefficient (Wildman–Crippen LogP) is -0.0201. The molecule has 0 amide bonds. The van der Waals surface area contributed by atoms with E-state index in [-0.39, 0.29) is 0 Å². The Morgan fingerprint density at radius 2 is 2.00 bits per heavy atom. The molecule has 3 aromatic heterocycles. The zero-order valence-electron chi connectivity index (χ0n) is 7.47. The molecular formula is C7H6N8. The van der Waals surface area contributed by atoms with Crippen molar-refractivity contribution in [2.75, 3.05) is 0 Å². The highest BCUT2D eigenvalue weighted by Gasteiger charge is 2.13. The molecule has 3 rings (SSSR count). The lowest BCUT2D eigenvalue weighted by molar-refractivity contribution is 0.939. The van der Waals surface area contributed by atoms with Gasteiger partial charge in [0.05, 0.1) is 23.7 Å². The first-order valence-corrected chi connectivity index (χ1v) is 4.20. The van der Waals surface area contributed by atoms with Crippen molar-refractivity contribution in [2.24, 2.45) is 0 Å². The van der Waals surface area contributed by atoms with Gasteiger partial charge in [0.2, 0.25) is 0 Å². The molecule has 0 radical (unpaired) electrons. The summed E-state index contributed by atoms with van der Waals surface area (Å²) in [5.74, 6) is 0.641. The van der Waals surface area contributed by atoms with E-state index in [4.69, 9.17) is 0 Å². The molecule has 3 heterocycles. The van der Waals surface area contributed by atoms with Crippen LogP contribution >= 0.6 is 0 Å². The van der Waals surface area contributed by atoms with Gasteiger partial charge in [-0.25, -0.2) is 4.98 Å². The number of aromatic amines is 3. The van der Waals surface area contributed by atoms with Crippen LogP contribution in [0.1, 0.15) is 0 Å². The van der Waals surface area contributed by atoms with Crippen molar-refractivity contribution >= 4 is 0 Å². The second kappa shape index (κ2) is 3.01. The average Bonchev–Trinajstić information content (AvgIpc) is 3.01. The highest BCUT2D eigenvalue weighted by molar-refractivity contribution is 5.73. The summed E-state index contributed by atoms with van der Waals surface area (Å²) in [6, 6.07) is 0. The Balaban J connectivity index is 2.15. The molecule has 8 nitrogen and oxygen atoms in total. The molecule has 0 atom stereocenters. The number of nitrogens with zero attached hydrogens (tertiary/aromatic N) is 5. The van der Waals surface area contributed by atoms with Gasteiger partial charge in [-0.05, 0) is 0 Å². The van der Waals surface area contributed by atoms with Crippen LogP contribution in [-0.2, 0) is 0 Å². The second-order valence-electron chi connectivity index (χ2n) is 2.85. The summed E-state index contributed by atoms with van der Waals surface area (Å²) in [4.78, 5) is 4.04. The van der Waals surface area contributed by atoms with E-state index in [0.717, 1.165) is 11.3 Å². The number of aromatic nitrogens is 8. The van der Waals surface area contributed by atoms with Gasteiger partial charge in [0.25, 0.3) is 0 Å². The Morgan fingerprint density at radius 1 is 1.00 bits per heavy atom. The van der Waals surface area contributed by atoms with E-state index < -0.39 is 0 Å². The number of hydrogen-bond acceptors (Lipinski definition) is 5. The number of nitrogens with one attached hydrogen (secondary N) is 3. The van der Waals surface area contributed by atoms with Gasteiger partial charge in [0.15, 0.2) is 5.82 Å². The van der Waals surface area contributed by atoms with Gasteiger partial charge in [-0.1, -0.05) is 0 Å². The van der Waals surface area contributed by atoms with Gasteiger partial charge in [-0.15, -0.1) is 0 Å². The van der Waals surface area contributed by atoms with Crippen molar-refractivity contribution in [1.82, 2.24) is 40.8 Å². The van der Waals surface area contributed by atoms with E-state index >= 15 is 0 Å². The molecule has 0 aliphatic rings. The summed E-state index contributed by atoms with van der Waals surface area (Å²) < 4.78 is 0. The molecule has 74 valence electrons. The zero-order valence-corrected chi connectivity index (χ0v) is 7.47. The van der Waals surface area contributed by atoms with E-state index in [2.05, 4.69) is 40.8 Å². The highest BCUT2D eigenvalue weighted by Crippen LogP contribution is 2.24. The third kappa shape index (κ3) is 1.19. The molecule has 0 unspecified atom stereocenters. The van der Waals surface area contributed by atoms with Gasteiger partial charge in [0, 0.05) is 0 Å². The number of H-pyrrole nitrogens is 3. The molecule has 15 heavy (non-hydrogen) atoms. The van der Waals surface area contributed by atoms with Crippen LogP contribution in [0.15, 0.2) is 18.7 Å². The Kier molecular flexibility index (Phi) is 1.58. The van der Waals surface area contributed by atoms with Crippen LogP contribution in [0.5, 0.6) is 0 Å². The van der Waals surface area contributed by atoms with Gasteiger partial charge < -0.3 is 0 Å². The summed E-state index contributed by atoms with van der Waals surface area (Å²) in [5, 5.41) is 23.5. The lowest BCUT2D eigenvalue weighted by Crippen LogP contribution is -1.84. The topological polar surface area (TPSA) is 112 Å². The molecule has 0 spiro atoms. The van der Waals surface area contributed by atoms with E-state index in [1.807, 2.05) is 0 Å². The first-order chi connectivity index (χ1) is 7.45. The van der Waals surface area contributed by atoms with Crippen LogP contribution in [0, 0.1) is 0 Å². The standard InChI is InChI=1S/C7H6N8/c1-4(7-8-3-11-14-7)6(13-9-1)5-2-10-15-12-5/h1-3H,(H,9,13)(H,8,11,14)(H,10,12,15). The number of rotatable bonds is 2. The van der Waals surface area contributed by atoms with E-state index in [1.54, 1.807) is 12.4 Å². The SMILES string of the molecule is c1n[nH]c(-c2cn[nH]c2-c2cn[nH]n2)n1. The Bertz CT molecular complexity index is 485. The molecule has 0 saturated carbocycles. The average molecular weight is 202 g/mol. The Morgan fingerprint density at radius 3 is 2.73 bits per heavy atom. The molecular weight excluding hydrogens is 196 g/mol. The fraction of sp³-hybridized carbons (Fsp3) is 0. The van der Waals surface area contributed by atoms with Crippen LogP contribution in [0.25, 0.3) is 22.8 Å². The van der Waals surface area contributed by atoms with Crippen LogP contribution in [-0.4, -0.2) is 40.8 Å². The quantitative estimate of drug-likeness (QED) is 0.540. The van der Waals surface area contributed by atoms with Crippen LogP contribution < -0.4 is 0 Å². The lowest BCUT2D eigenvalue weighted by atomic mass is 10.2. The minimum atomic E-state index is 0.641. The molecule has 0 bridgehead atoms. The molecule has 3 N–H and O–H groups in total. The summed E-state index contributed by atoms with van der Waals surface area (Å²) in [5.41, 5.74) is 2.24. The van der Waals surface area contributed by atoms with Crippen molar-refractivity contribution in [3.8, 4) is 22.8 Å². The summed E-state index contributed by atoms with van der Waals surface area (Å²) in [6.07, 6.45) is 4.70. The smallest absolute Gasteiger partial charge is 0.159 e. The normalized spacial score (nSPS) is 10.7. The first-order valence-electron chi connectivity index (χ1n) is 4.20. The highest BCUT2D eigenvalue weighted by atomic mass is 15.3. The number of hydrogen-bond donors (Lipinski definition) is 3. The van der Waals surface area contributed by atoms with E-state index in [0.29, 0.717) is 11.5 Å². The summed E-state index contributed by atoms with van der Waals surface area (Å²) >= 11 is 0. The van der Waals surface area contributed by atoms with Gasteiger partial charge in [0.1, 0.15) is 12.0 Å². The minimum absolute atomic E-state index is 0.641. The maximum atomic E-state index is 4.04. The van der Waals surface area contributed by atoms with Gasteiger partial charge >= 0.3 is 0 Å². The maximum absolute atomic E-state index is 4.04. The fourth-order valence-electron chi connectivity index (χ4n) is 1.32. The van der Waals surface area contributed by atoms with E-state index in [1.165, 1.54) is 6.33 Å². The molecule has 0 aromatic carbocycles. The van der Waals surface area contributed by atoms with Crippen molar-refractivity contribution in [1.29, 1.82) is 0 Å². The van der Waals surface area contributed by atoms with E-state index in [9.17, 15) is 0 Å². The third-order valence-corrected chi connectivity index (χ3v) is 1.98. The minimum Gasteiger partial charge on any atom is -0.275 e. The van der Waals surface area contributed by atoms with Crippen molar-refractivity contribution in [3.05, 3.63) is 18.7 Å². The molecule has 0 fully saturated rings. The van der Waals surface area contributed by atoms with Crippen molar-refractivity contribution < 1.29 is 0 Å². The summed E-state index contributed by atoms with van der Waals surface area (Å²) in [6.45, 7) is 0. The van der Waals surface area contributed by atoms with Crippen molar-refractivity contribution in [3.63, 3.8) is 0 Å². The Hall–Kier alpha value is -2.51. The maximum Gasteiger partial charge on any atom is 0.159 e. The zero-order chi connectivity index (χ0) is 10.1. The van der Waals surface area contributed by atoms with Crippen LogP contribution in [0.2, 0.25) is 0 Å². The third-order valence-electron chi connectivity index (χ3n) is 1.98. The molecule has 8 heteroatoms. The van der Waals surface area contributed by atoms with Crippen LogP contribution in [0.3, 0.4) is 0 Å². The predicted molar refractivity (Wildman–Crippen MR) is 49.3 cm³/mol. The van der Waals surface area contributed by atoms with Crippen molar-refractivity contribution in [2.45, 2.75) is 0 Å². The fourth-order valence-corrected chi connectivity index (χ4v) is 1.32. The van der Waals surface area contributed by atoms with Crippen LogP contribution in [0.4, 0.5) is 0 Å².